The van der Waals surface area contributed by atoms with Gasteiger partial charge in [0.25, 0.3) is 5.91 Å². The Labute approximate surface area is 223 Å². The van der Waals surface area contributed by atoms with Gasteiger partial charge in [-0.05, 0) is 66.2 Å². The van der Waals surface area contributed by atoms with Crippen molar-refractivity contribution >= 4 is 17.4 Å². The summed E-state index contributed by atoms with van der Waals surface area (Å²) in [5, 5.41) is 10.4. The van der Waals surface area contributed by atoms with Crippen molar-refractivity contribution in [3.05, 3.63) is 133 Å². The van der Waals surface area contributed by atoms with Gasteiger partial charge >= 0.3 is 5.92 Å². The van der Waals surface area contributed by atoms with E-state index in [1.807, 2.05) is 30.3 Å². The molecule has 0 unspecified atom stereocenters. The number of hydrogen-bond donors (Lipinski definition) is 2. The summed E-state index contributed by atoms with van der Waals surface area (Å²) in [5.41, 5.74) is 2.93. The van der Waals surface area contributed by atoms with Crippen molar-refractivity contribution in [3.63, 3.8) is 0 Å². The number of nitrogens with zero attached hydrogens (tertiary/aromatic N) is 4. The lowest BCUT2D eigenvalue weighted by atomic mass is 10.1. The number of carbonyl (C=O) groups is 1. The van der Waals surface area contributed by atoms with Crippen LogP contribution in [0.5, 0.6) is 0 Å². The van der Waals surface area contributed by atoms with Crippen LogP contribution in [0.4, 0.5) is 20.3 Å². The highest BCUT2D eigenvalue weighted by Crippen LogP contribution is 2.34. The molecular weight excluding hydrogens is 498 g/mol. The second kappa shape index (κ2) is 11.1. The molecule has 39 heavy (non-hydrogen) atoms. The Morgan fingerprint density at radius 3 is 2.46 bits per heavy atom. The van der Waals surface area contributed by atoms with Crippen molar-refractivity contribution < 1.29 is 13.6 Å². The number of pyridine rings is 2. The fourth-order valence-electron chi connectivity index (χ4n) is 3.97. The molecule has 5 rings (SSSR count). The summed E-state index contributed by atoms with van der Waals surface area (Å²) in [6.45, 7) is 3.79. The molecule has 9 heteroatoms. The van der Waals surface area contributed by atoms with Gasteiger partial charge in [0.05, 0.1) is 16.9 Å². The molecule has 2 aromatic carbocycles. The maximum absolute atomic E-state index is 14.7. The lowest BCUT2D eigenvalue weighted by Crippen LogP contribution is -2.16. The van der Waals surface area contributed by atoms with Gasteiger partial charge in [0, 0.05) is 36.4 Å². The van der Waals surface area contributed by atoms with E-state index in [0.29, 0.717) is 46.6 Å². The number of amides is 1. The summed E-state index contributed by atoms with van der Waals surface area (Å²) in [5.74, 6) is -3.22. The largest absolute Gasteiger partial charge is 0.365 e. The van der Waals surface area contributed by atoms with E-state index in [1.165, 1.54) is 10.7 Å². The van der Waals surface area contributed by atoms with Crippen LogP contribution in [0.2, 0.25) is 0 Å². The van der Waals surface area contributed by atoms with Gasteiger partial charge in [0.15, 0.2) is 0 Å². The number of rotatable bonds is 9. The molecule has 194 valence electrons. The van der Waals surface area contributed by atoms with Crippen molar-refractivity contribution in [1.82, 2.24) is 19.7 Å². The molecule has 5 aromatic rings. The Hall–Kier alpha value is -5.18. The lowest BCUT2D eigenvalue weighted by Gasteiger charge is -2.14. The second-order valence-corrected chi connectivity index (χ2v) is 8.64. The van der Waals surface area contributed by atoms with Crippen molar-refractivity contribution in [3.8, 4) is 16.9 Å². The lowest BCUT2D eigenvalue weighted by molar-refractivity contribution is 0.0449. The molecule has 0 fully saturated rings. The van der Waals surface area contributed by atoms with E-state index in [4.69, 9.17) is 0 Å². The van der Waals surface area contributed by atoms with Crippen LogP contribution in [0, 0.1) is 0 Å². The number of hydrogen-bond acceptors (Lipinski definition) is 5. The molecule has 1 amide bonds. The summed E-state index contributed by atoms with van der Waals surface area (Å²) in [6.07, 6.45) is 5.35. The van der Waals surface area contributed by atoms with Crippen LogP contribution in [0.25, 0.3) is 16.9 Å². The monoisotopic (exact) mass is 522 g/mol. The van der Waals surface area contributed by atoms with E-state index in [2.05, 4.69) is 32.3 Å². The third-order valence-electron chi connectivity index (χ3n) is 5.99. The summed E-state index contributed by atoms with van der Waals surface area (Å²) in [7, 11) is 0. The first-order chi connectivity index (χ1) is 18.9. The molecule has 0 atom stereocenters. The Balaban J connectivity index is 1.36. The van der Waals surface area contributed by atoms with Gasteiger partial charge in [0.1, 0.15) is 11.5 Å². The predicted octanol–water partition coefficient (Wildman–Crippen LogP) is 6.47. The van der Waals surface area contributed by atoms with E-state index in [0.717, 1.165) is 5.56 Å². The Bertz CT molecular complexity index is 1590. The van der Waals surface area contributed by atoms with Crippen LogP contribution in [0.3, 0.4) is 0 Å². The van der Waals surface area contributed by atoms with E-state index in [-0.39, 0.29) is 11.6 Å². The van der Waals surface area contributed by atoms with Crippen molar-refractivity contribution in [2.45, 2.75) is 12.5 Å². The average molecular weight is 523 g/mol. The van der Waals surface area contributed by atoms with Gasteiger partial charge in [-0.3, -0.25) is 9.78 Å². The standard InChI is InChI=1S/C30H24F2N6O/c1-2-30(31,32)27-18-26(22-10-6-16-33-20-22)37-38(27)24-14-12-23(13-15-24)36-29(39)25-11-7-17-34-28(25)35-19-21-8-4-3-5-9-21/h2-18,20H,1,19H2,(H,34,35)(H,36,39). The Morgan fingerprint density at radius 2 is 1.74 bits per heavy atom. The quantitative estimate of drug-likeness (QED) is 0.217. The van der Waals surface area contributed by atoms with Crippen LogP contribution in [0.1, 0.15) is 21.6 Å². The van der Waals surface area contributed by atoms with Crippen LogP contribution >= 0.6 is 0 Å². The molecule has 0 saturated carbocycles. The highest BCUT2D eigenvalue weighted by atomic mass is 19.3. The fraction of sp³-hybridized carbons (Fsp3) is 0.0667. The molecule has 0 aliphatic heterocycles. The minimum atomic E-state index is -3.32. The summed E-state index contributed by atoms with van der Waals surface area (Å²) in [6, 6.07) is 24.4. The summed E-state index contributed by atoms with van der Waals surface area (Å²) in [4.78, 5) is 21.4. The summed E-state index contributed by atoms with van der Waals surface area (Å²) < 4.78 is 30.7. The molecule has 0 aliphatic carbocycles. The normalized spacial score (nSPS) is 11.1. The number of nitrogens with one attached hydrogen (secondary N) is 2. The van der Waals surface area contributed by atoms with Gasteiger partial charge in [-0.1, -0.05) is 36.9 Å². The van der Waals surface area contributed by atoms with E-state index < -0.39 is 5.92 Å². The third kappa shape index (κ3) is 5.72. The van der Waals surface area contributed by atoms with Crippen LogP contribution in [0.15, 0.2) is 116 Å². The second-order valence-electron chi connectivity index (χ2n) is 8.64. The third-order valence-corrected chi connectivity index (χ3v) is 5.99. The van der Waals surface area contributed by atoms with Crippen LogP contribution in [-0.2, 0) is 12.5 Å². The number of carbonyl (C=O) groups excluding carboxylic acids is 1. The molecule has 3 aromatic heterocycles. The molecule has 0 radical (unpaired) electrons. The number of alkyl halides is 2. The van der Waals surface area contributed by atoms with Gasteiger partial charge in [-0.2, -0.15) is 13.9 Å². The first kappa shape index (κ1) is 25.5. The predicted molar refractivity (Wildman–Crippen MR) is 147 cm³/mol. The highest BCUT2D eigenvalue weighted by molar-refractivity contribution is 6.07. The molecule has 7 nitrogen and oxygen atoms in total. The number of halogens is 2. The maximum atomic E-state index is 14.7. The van der Waals surface area contributed by atoms with Crippen LogP contribution in [-0.4, -0.2) is 25.7 Å². The molecule has 0 saturated heterocycles. The molecule has 3 heterocycles. The number of aromatic nitrogens is 4. The molecule has 2 N–H and O–H groups in total. The first-order valence-electron chi connectivity index (χ1n) is 12.1. The molecule has 0 aliphatic rings. The topological polar surface area (TPSA) is 84.7 Å². The highest BCUT2D eigenvalue weighted by Gasteiger charge is 2.33. The zero-order valence-corrected chi connectivity index (χ0v) is 20.8. The summed E-state index contributed by atoms with van der Waals surface area (Å²) >= 11 is 0. The molecular formula is C30H24F2N6O. The Morgan fingerprint density at radius 1 is 0.974 bits per heavy atom. The Kier molecular flexibility index (Phi) is 7.22. The van der Waals surface area contributed by atoms with Crippen LogP contribution < -0.4 is 10.6 Å². The van der Waals surface area contributed by atoms with E-state index in [1.54, 1.807) is 67.1 Å². The van der Waals surface area contributed by atoms with Gasteiger partial charge in [0.2, 0.25) is 0 Å². The van der Waals surface area contributed by atoms with Gasteiger partial charge < -0.3 is 10.6 Å². The zero-order valence-electron chi connectivity index (χ0n) is 20.8. The fourth-order valence-corrected chi connectivity index (χ4v) is 3.97. The number of allylic oxidation sites excluding steroid dienone is 1. The van der Waals surface area contributed by atoms with Crippen molar-refractivity contribution in [1.29, 1.82) is 0 Å². The van der Waals surface area contributed by atoms with E-state index >= 15 is 0 Å². The van der Waals surface area contributed by atoms with Gasteiger partial charge in [-0.15, -0.1) is 0 Å². The minimum Gasteiger partial charge on any atom is -0.365 e. The SMILES string of the molecule is C=CC(F)(F)c1cc(-c2cccnc2)nn1-c1ccc(NC(=O)c2cccnc2NCc2ccccc2)cc1. The average Bonchev–Trinajstić information content (AvgIpc) is 3.44. The first-order valence-corrected chi connectivity index (χ1v) is 12.1. The van der Waals surface area contributed by atoms with E-state index in [9.17, 15) is 13.6 Å². The smallest absolute Gasteiger partial charge is 0.308 e. The number of benzene rings is 2. The number of anilines is 2. The zero-order chi connectivity index (χ0) is 27.2. The van der Waals surface area contributed by atoms with Crippen molar-refractivity contribution in [2.75, 3.05) is 10.6 Å². The minimum absolute atomic E-state index is 0.336. The van der Waals surface area contributed by atoms with Crippen molar-refractivity contribution in [2.24, 2.45) is 0 Å². The maximum Gasteiger partial charge on any atom is 0.308 e. The molecule has 0 bridgehead atoms. The molecule has 0 spiro atoms. The van der Waals surface area contributed by atoms with Gasteiger partial charge in [-0.25, -0.2) is 9.67 Å².